The highest BCUT2D eigenvalue weighted by Gasteiger charge is 2.54. The van der Waals surface area contributed by atoms with Crippen LogP contribution in [0.4, 0.5) is 0 Å². The van der Waals surface area contributed by atoms with E-state index in [-0.39, 0.29) is 18.3 Å². The van der Waals surface area contributed by atoms with E-state index in [9.17, 15) is 10.1 Å². The molecule has 0 amide bonds. The van der Waals surface area contributed by atoms with Gasteiger partial charge in [0.25, 0.3) is 0 Å². The van der Waals surface area contributed by atoms with Gasteiger partial charge in [-0.2, -0.15) is 5.26 Å². The van der Waals surface area contributed by atoms with Crippen molar-refractivity contribution in [3.8, 4) is 29.4 Å². The molecule has 2 atom stereocenters. The Kier molecular flexibility index (Phi) is 5.28. The van der Waals surface area contributed by atoms with Crippen LogP contribution in [-0.4, -0.2) is 19.0 Å². The van der Waals surface area contributed by atoms with Crippen LogP contribution in [0.5, 0.6) is 11.5 Å². The van der Waals surface area contributed by atoms with Crippen LogP contribution in [0.1, 0.15) is 43.2 Å². The molecule has 2 aromatic rings. The van der Waals surface area contributed by atoms with Gasteiger partial charge >= 0.3 is 0 Å². The molecule has 4 heteroatoms. The summed E-state index contributed by atoms with van der Waals surface area (Å²) in [6, 6.07) is 17.5. The Morgan fingerprint density at radius 1 is 1.07 bits per heavy atom. The number of nitriles is 1. The first-order valence-electron chi connectivity index (χ1n) is 10.0. The van der Waals surface area contributed by atoms with Gasteiger partial charge < -0.3 is 9.47 Å². The molecule has 2 fully saturated rings. The highest BCUT2D eigenvalue weighted by Crippen LogP contribution is 2.48. The van der Waals surface area contributed by atoms with Crippen molar-refractivity contribution in [1.29, 1.82) is 5.26 Å². The van der Waals surface area contributed by atoms with Gasteiger partial charge in [0.1, 0.15) is 5.92 Å². The molecule has 0 N–H and O–H groups in total. The van der Waals surface area contributed by atoms with Crippen molar-refractivity contribution in [2.24, 2.45) is 5.92 Å². The molecule has 0 heterocycles. The summed E-state index contributed by atoms with van der Waals surface area (Å²) in [7, 11) is 1.62. The molecule has 0 spiro atoms. The number of nitrogens with zero attached hydrogens (tertiary/aromatic N) is 1. The Morgan fingerprint density at radius 3 is 2.48 bits per heavy atom. The normalized spacial score (nSPS) is 23.4. The lowest BCUT2D eigenvalue weighted by Gasteiger charge is -2.41. The number of ether oxygens (including phenoxy) is 2. The van der Waals surface area contributed by atoms with Gasteiger partial charge in [0, 0.05) is 12.0 Å². The summed E-state index contributed by atoms with van der Waals surface area (Å²) in [4.78, 5) is 12.2. The molecule has 4 nitrogen and oxygen atoms in total. The molecule has 0 radical (unpaired) electrons. The number of carbonyl (C=O) groups excluding carboxylic acids is 1. The summed E-state index contributed by atoms with van der Waals surface area (Å²) >= 11 is 0. The summed E-state index contributed by atoms with van der Waals surface area (Å²) in [6.45, 7) is 0. The van der Waals surface area contributed by atoms with Crippen LogP contribution in [0.2, 0.25) is 0 Å². The van der Waals surface area contributed by atoms with Crippen LogP contribution in [0.25, 0.3) is 0 Å². The van der Waals surface area contributed by atoms with E-state index in [4.69, 9.17) is 9.47 Å². The molecule has 29 heavy (non-hydrogen) atoms. The van der Waals surface area contributed by atoms with E-state index >= 15 is 0 Å². The average Bonchev–Trinajstić information content (AvgIpc) is 3.25. The molecule has 2 aliphatic rings. The summed E-state index contributed by atoms with van der Waals surface area (Å²) in [5, 5.41) is 9.66. The monoisotopic (exact) mass is 385 g/mol. The topological polar surface area (TPSA) is 59.3 Å². The van der Waals surface area contributed by atoms with Gasteiger partial charge in [0.15, 0.2) is 17.3 Å². The van der Waals surface area contributed by atoms with E-state index in [1.807, 2.05) is 48.5 Å². The van der Waals surface area contributed by atoms with Crippen LogP contribution in [0.3, 0.4) is 0 Å². The quantitative estimate of drug-likeness (QED) is 0.731. The number of hydrogen-bond donors (Lipinski definition) is 0. The minimum absolute atomic E-state index is 0.0658. The van der Waals surface area contributed by atoms with Crippen molar-refractivity contribution < 1.29 is 14.3 Å². The van der Waals surface area contributed by atoms with Gasteiger partial charge in [0.05, 0.1) is 24.7 Å². The molecule has 0 aromatic heterocycles. The Balaban J connectivity index is 1.74. The smallest absolute Gasteiger partial charge is 0.161 e. The summed E-state index contributed by atoms with van der Waals surface area (Å²) in [5.74, 6) is 6.91. The van der Waals surface area contributed by atoms with Crippen LogP contribution in [-0.2, 0) is 10.2 Å². The maximum absolute atomic E-state index is 12.2. The third-order valence-electron chi connectivity index (χ3n) is 5.88. The lowest BCUT2D eigenvalue weighted by atomic mass is 9.56. The molecule has 2 saturated carbocycles. The van der Waals surface area contributed by atoms with Crippen LogP contribution in [0.15, 0.2) is 48.5 Å². The van der Waals surface area contributed by atoms with Crippen LogP contribution >= 0.6 is 0 Å². The molecule has 2 aliphatic carbocycles. The fraction of sp³-hybridized carbons (Fsp3) is 0.360. The minimum atomic E-state index is -0.818. The van der Waals surface area contributed by atoms with E-state index in [0.717, 1.165) is 24.0 Å². The van der Waals surface area contributed by atoms with E-state index in [1.165, 1.54) is 12.8 Å². The fourth-order valence-corrected chi connectivity index (χ4v) is 4.20. The first kappa shape index (κ1) is 19.1. The third-order valence-corrected chi connectivity index (χ3v) is 5.88. The van der Waals surface area contributed by atoms with Gasteiger partial charge in [-0.25, -0.2) is 0 Å². The van der Waals surface area contributed by atoms with Crippen molar-refractivity contribution in [2.75, 3.05) is 7.11 Å². The standard InChI is InChI=1S/C25H23NO3/c1-28-23-12-11-19(15-24(23)29-20-9-5-6-10-20)25(16-22(27)21(25)17-26)14-13-18-7-3-2-4-8-18/h2-4,7-8,11-12,15,20-21H,5-6,9-10,16H2,1H3. The molecule has 2 unspecified atom stereocenters. The molecule has 0 saturated heterocycles. The molecule has 0 bridgehead atoms. The maximum atomic E-state index is 12.2. The molecule has 0 aliphatic heterocycles. The van der Waals surface area contributed by atoms with Gasteiger partial charge in [0.2, 0.25) is 0 Å². The van der Waals surface area contributed by atoms with Gasteiger partial charge in [-0.3, -0.25) is 4.79 Å². The second-order valence-electron chi connectivity index (χ2n) is 7.68. The second-order valence-corrected chi connectivity index (χ2v) is 7.68. The minimum Gasteiger partial charge on any atom is -0.493 e. The zero-order valence-corrected chi connectivity index (χ0v) is 16.5. The van der Waals surface area contributed by atoms with Gasteiger partial charge in [-0.1, -0.05) is 36.1 Å². The first-order valence-corrected chi connectivity index (χ1v) is 10.0. The Bertz CT molecular complexity index is 1010. The highest BCUT2D eigenvalue weighted by molar-refractivity contribution is 5.95. The zero-order valence-electron chi connectivity index (χ0n) is 16.5. The molecule has 2 aromatic carbocycles. The lowest BCUT2D eigenvalue weighted by molar-refractivity contribution is -0.130. The van der Waals surface area contributed by atoms with E-state index in [0.29, 0.717) is 11.5 Å². The zero-order chi connectivity index (χ0) is 20.3. The van der Waals surface area contributed by atoms with E-state index in [2.05, 4.69) is 17.9 Å². The van der Waals surface area contributed by atoms with Crippen molar-refractivity contribution in [2.45, 2.75) is 43.6 Å². The van der Waals surface area contributed by atoms with Crippen molar-refractivity contribution in [3.05, 3.63) is 59.7 Å². The van der Waals surface area contributed by atoms with Crippen LogP contribution < -0.4 is 9.47 Å². The number of hydrogen-bond acceptors (Lipinski definition) is 4. The van der Waals surface area contributed by atoms with Crippen molar-refractivity contribution in [3.63, 3.8) is 0 Å². The van der Waals surface area contributed by atoms with Crippen molar-refractivity contribution in [1.82, 2.24) is 0 Å². The van der Waals surface area contributed by atoms with Gasteiger partial charge in [-0.15, -0.1) is 0 Å². The lowest BCUT2D eigenvalue weighted by Crippen LogP contribution is -2.50. The van der Waals surface area contributed by atoms with Gasteiger partial charge in [-0.05, 0) is 55.5 Å². The average molecular weight is 385 g/mol. The second kappa shape index (κ2) is 8.02. The first-order chi connectivity index (χ1) is 14.2. The summed E-state index contributed by atoms with van der Waals surface area (Å²) in [5.41, 5.74) is 0.876. The molecule has 4 rings (SSSR count). The largest absolute Gasteiger partial charge is 0.493 e. The molecular weight excluding hydrogens is 362 g/mol. The Morgan fingerprint density at radius 2 is 1.83 bits per heavy atom. The Labute approximate surface area is 171 Å². The Hall–Kier alpha value is -3.24. The SMILES string of the molecule is COc1ccc(C2(C#Cc3ccccc3)CC(=O)C2C#N)cc1OC1CCCC1. The highest BCUT2D eigenvalue weighted by atomic mass is 16.5. The third kappa shape index (κ3) is 3.59. The summed E-state index contributed by atoms with van der Waals surface area (Å²) in [6.07, 6.45) is 4.83. The molecule has 146 valence electrons. The molecular formula is C25H23NO3. The number of methoxy groups -OCH3 is 1. The number of benzene rings is 2. The maximum Gasteiger partial charge on any atom is 0.161 e. The predicted octanol–water partition coefficient (Wildman–Crippen LogP) is 4.42. The van der Waals surface area contributed by atoms with E-state index in [1.54, 1.807) is 7.11 Å². The fourth-order valence-electron chi connectivity index (χ4n) is 4.20. The summed E-state index contributed by atoms with van der Waals surface area (Å²) < 4.78 is 11.7. The van der Waals surface area contributed by atoms with Crippen LogP contribution in [0, 0.1) is 29.1 Å². The number of Topliss-reactive ketones (excluding diaryl/α,β-unsaturated/α-hetero) is 1. The number of ketones is 1. The number of carbonyl (C=O) groups is 1. The van der Waals surface area contributed by atoms with E-state index < -0.39 is 11.3 Å². The predicted molar refractivity (Wildman–Crippen MR) is 110 cm³/mol. The number of rotatable bonds is 4. The van der Waals surface area contributed by atoms with Crippen molar-refractivity contribution >= 4 is 5.78 Å².